The highest BCUT2D eigenvalue weighted by Gasteiger charge is 1.90. The van der Waals surface area contributed by atoms with Crippen LogP contribution in [0.5, 0.6) is 0 Å². The summed E-state index contributed by atoms with van der Waals surface area (Å²) in [4.78, 5) is 0. The number of rotatable bonds is 4. The molecule has 0 spiro atoms. The van der Waals surface area contributed by atoms with Gasteiger partial charge in [0.15, 0.2) is 0 Å². The van der Waals surface area contributed by atoms with E-state index in [2.05, 4.69) is 13.2 Å². The van der Waals surface area contributed by atoms with E-state index in [9.17, 15) is 0 Å². The highest BCUT2D eigenvalue weighted by Crippen LogP contribution is 2.09. The summed E-state index contributed by atoms with van der Waals surface area (Å²) in [5.41, 5.74) is 8.56. The van der Waals surface area contributed by atoms with Crippen LogP contribution >= 0.6 is 0 Å². The van der Waals surface area contributed by atoms with E-state index in [1.54, 1.807) is 0 Å². The van der Waals surface area contributed by atoms with Gasteiger partial charge in [-0.2, -0.15) is 0 Å². The molecule has 0 unspecified atom stereocenters. The minimum atomic E-state index is 0.816. The second-order valence-corrected chi connectivity index (χ2v) is 3.00. The molecule has 0 aliphatic carbocycles. The fraction of sp³-hybridized carbons (Fsp3) is 0.400. The molecule has 0 aliphatic rings. The van der Waals surface area contributed by atoms with Crippen molar-refractivity contribution in [2.24, 2.45) is 5.73 Å². The monoisotopic (exact) mass is 151 g/mol. The largest absolute Gasteiger partial charge is 0.402 e. The van der Waals surface area contributed by atoms with Crippen LogP contribution < -0.4 is 5.73 Å². The summed E-state index contributed by atoms with van der Waals surface area (Å²) in [6.45, 7) is 11.6. The topological polar surface area (TPSA) is 26.0 Å². The maximum atomic E-state index is 5.48. The molecule has 0 rings (SSSR count). The second-order valence-electron chi connectivity index (χ2n) is 3.00. The lowest BCUT2D eigenvalue weighted by atomic mass is 10.1. The minimum Gasteiger partial charge on any atom is -0.402 e. The smallest absolute Gasteiger partial charge is 0.00514 e. The molecule has 0 aromatic rings. The molecule has 0 amide bonds. The van der Waals surface area contributed by atoms with Crippen LogP contribution in [0, 0.1) is 0 Å². The maximum absolute atomic E-state index is 5.48. The van der Waals surface area contributed by atoms with Crippen molar-refractivity contribution in [2.45, 2.75) is 26.7 Å². The third-order valence-corrected chi connectivity index (χ3v) is 1.30. The van der Waals surface area contributed by atoms with Gasteiger partial charge in [-0.3, -0.25) is 0 Å². The van der Waals surface area contributed by atoms with Crippen LogP contribution in [0.3, 0.4) is 0 Å². The van der Waals surface area contributed by atoms with Gasteiger partial charge in [-0.05, 0) is 32.8 Å². The van der Waals surface area contributed by atoms with Gasteiger partial charge in [-0.25, -0.2) is 0 Å². The summed E-state index contributed by atoms with van der Waals surface area (Å²) in [6.07, 6.45) is 3.87. The third kappa shape index (κ3) is 6.91. The fourth-order valence-corrected chi connectivity index (χ4v) is 0.768. The average Bonchev–Trinajstić information content (AvgIpc) is 1.82. The normalized spacial score (nSPS) is 11.3. The Morgan fingerprint density at radius 1 is 1.27 bits per heavy atom. The van der Waals surface area contributed by atoms with E-state index in [-0.39, 0.29) is 0 Å². The number of hydrogen-bond donors (Lipinski definition) is 1. The van der Waals surface area contributed by atoms with Gasteiger partial charge >= 0.3 is 0 Å². The van der Waals surface area contributed by atoms with Gasteiger partial charge < -0.3 is 5.73 Å². The van der Waals surface area contributed by atoms with Crippen molar-refractivity contribution in [1.29, 1.82) is 0 Å². The summed E-state index contributed by atoms with van der Waals surface area (Å²) in [7, 11) is 0. The van der Waals surface area contributed by atoms with Crippen molar-refractivity contribution in [3.8, 4) is 0 Å². The molecule has 0 bridgehead atoms. The third-order valence-electron chi connectivity index (χ3n) is 1.30. The Labute approximate surface area is 69.3 Å². The van der Waals surface area contributed by atoms with Gasteiger partial charge in [-0.1, -0.05) is 17.7 Å². The molecule has 0 heterocycles. The summed E-state index contributed by atoms with van der Waals surface area (Å²) in [5.74, 6) is 0. The SMILES string of the molecule is C=C(C)CCC(=C)/C=C(/C)N. The average molecular weight is 151 g/mol. The highest BCUT2D eigenvalue weighted by molar-refractivity contribution is 5.18. The van der Waals surface area contributed by atoms with E-state index < -0.39 is 0 Å². The predicted octanol–water partition coefficient (Wildman–Crippen LogP) is 2.76. The van der Waals surface area contributed by atoms with Crippen molar-refractivity contribution in [3.05, 3.63) is 36.1 Å². The van der Waals surface area contributed by atoms with Gasteiger partial charge in [0.05, 0.1) is 0 Å². The zero-order valence-electron chi connectivity index (χ0n) is 7.48. The number of hydrogen-bond acceptors (Lipinski definition) is 1. The molecule has 0 radical (unpaired) electrons. The van der Waals surface area contributed by atoms with Crippen LogP contribution in [0.25, 0.3) is 0 Å². The first kappa shape index (κ1) is 10.0. The molecule has 62 valence electrons. The van der Waals surface area contributed by atoms with Crippen LogP contribution in [0.2, 0.25) is 0 Å². The first-order valence-electron chi connectivity index (χ1n) is 3.78. The van der Waals surface area contributed by atoms with Crippen molar-refractivity contribution < 1.29 is 0 Å². The second kappa shape index (κ2) is 4.78. The molecule has 11 heavy (non-hydrogen) atoms. The van der Waals surface area contributed by atoms with Crippen LogP contribution in [0.1, 0.15) is 26.7 Å². The van der Waals surface area contributed by atoms with Crippen molar-refractivity contribution in [3.63, 3.8) is 0 Å². The Balaban J connectivity index is 3.71. The highest BCUT2D eigenvalue weighted by atomic mass is 14.5. The Kier molecular flexibility index (Phi) is 4.35. The fourth-order valence-electron chi connectivity index (χ4n) is 0.768. The first-order valence-corrected chi connectivity index (χ1v) is 3.78. The zero-order chi connectivity index (χ0) is 8.85. The lowest BCUT2D eigenvalue weighted by Gasteiger charge is -1.99. The molecule has 0 aromatic carbocycles. The summed E-state index contributed by atoms with van der Waals surface area (Å²) >= 11 is 0. The van der Waals surface area contributed by atoms with Crippen LogP contribution in [-0.4, -0.2) is 0 Å². The summed E-state index contributed by atoms with van der Waals surface area (Å²) in [5, 5.41) is 0. The van der Waals surface area contributed by atoms with E-state index in [1.807, 2.05) is 19.9 Å². The summed E-state index contributed by atoms with van der Waals surface area (Å²) in [6, 6.07) is 0. The molecule has 1 heteroatoms. The molecule has 0 fully saturated rings. The Morgan fingerprint density at radius 3 is 2.18 bits per heavy atom. The van der Waals surface area contributed by atoms with Gasteiger partial charge in [0.25, 0.3) is 0 Å². The lowest BCUT2D eigenvalue weighted by Crippen LogP contribution is -1.91. The lowest BCUT2D eigenvalue weighted by molar-refractivity contribution is 0.950. The van der Waals surface area contributed by atoms with Crippen molar-refractivity contribution in [2.75, 3.05) is 0 Å². The minimum absolute atomic E-state index is 0.816. The first-order chi connectivity index (χ1) is 5.02. The molecule has 0 aromatic heterocycles. The maximum Gasteiger partial charge on any atom is 0.00514 e. The Bertz CT molecular complexity index is 183. The van der Waals surface area contributed by atoms with E-state index >= 15 is 0 Å². The Hall–Kier alpha value is -0.980. The van der Waals surface area contributed by atoms with E-state index in [0.29, 0.717) is 0 Å². The van der Waals surface area contributed by atoms with Crippen LogP contribution in [0.4, 0.5) is 0 Å². The molecule has 2 N–H and O–H groups in total. The summed E-state index contributed by atoms with van der Waals surface area (Å²) < 4.78 is 0. The van der Waals surface area contributed by atoms with Gasteiger partial charge in [0.2, 0.25) is 0 Å². The number of allylic oxidation sites excluding steroid dienone is 4. The predicted molar refractivity (Wildman–Crippen MR) is 51.1 cm³/mol. The molecule has 1 nitrogen and oxygen atoms in total. The zero-order valence-corrected chi connectivity index (χ0v) is 7.48. The van der Waals surface area contributed by atoms with Gasteiger partial charge in [-0.15, -0.1) is 6.58 Å². The quantitative estimate of drug-likeness (QED) is 0.485. The number of nitrogens with two attached hydrogens (primary N) is 1. The standard InChI is InChI=1S/C10H17N/c1-8(2)5-6-9(3)7-10(4)11/h7H,1,3,5-6,11H2,2,4H3/b10-7-. The van der Waals surface area contributed by atoms with E-state index in [0.717, 1.165) is 24.1 Å². The van der Waals surface area contributed by atoms with Gasteiger partial charge in [0.1, 0.15) is 0 Å². The molecular weight excluding hydrogens is 134 g/mol. The molecule has 0 atom stereocenters. The van der Waals surface area contributed by atoms with Gasteiger partial charge in [0, 0.05) is 5.70 Å². The van der Waals surface area contributed by atoms with Crippen molar-refractivity contribution >= 4 is 0 Å². The molecule has 0 aliphatic heterocycles. The van der Waals surface area contributed by atoms with Crippen LogP contribution in [-0.2, 0) is 0 Å². The molecular formula is C10H17N. The van der Waals surface area contributed by atoms with E-state index in [4.69, 9.17) is 5.73 Å². The van der Waals surface area contributed by atoms with Crippen LogP contribution in [0.15, 0.2) is 36.1 Å². The van der Waals surface area contributed by atoms with E-state index in [1.165, 1.54) is 5.57 Å². The van der Waals surface area contributed by atoms with Crippen molar-refractivity contribution in [1.82, 2.24) is 0 Å². The molecule has 0 saturated heterocycles. The Morgan fingerprint density at radius 2 is 1.82 bits per heavy atom. The molecule has 0 saturated carbocycles.